The smallest absolute Gasteiger partial charge is 0.263 e. The number of benzene rings is 1. The van der Waals surface area contributed by atoms with Gasteiger partial charge in [-0.2, -0.15) is 0 Å². The van der Waals surface area contributed by atoms with Gasteiger partial charge in [-0.15, -0.1) is 0 Å². The number of nitrogens with one attached hydrogen (secondary N) is 2. The fourth-order valence-electron chi connectivity index (χ4n) is 1.66. The largest absolute Gasteiger partial charge is 0.370 e. The van der Waals surface area contributed by atoms with Crippen molar-refractivity contribution in [3.05, 3.63) is 48.2 Å². The van der Waals surface area contributed by atoms with Crippen LogP contribution in [-0.2, 0) is 10.0 Å². The molecule has 0 atom stereocenters. The lowest BCUT2D eigenvalue weighted by Crippen LogP contribution is -2.13. The van der Waals surface area contributed by atoms with E-state index in [0.29, 0.717) is 11.5 Å². The van der Waals surface area contributed by atoms with Crippen LogP contribution in [0.4, 0.5) is 11.5 Å². The zero-order valence-corrected chi connectivity index (χ0v) is 12.2. The van der Waals surface area contributed by atoms with Gasteiger partial charge in [-0.05, 0) is 38.1 Å². The van der Waals surface area contributed by atoms with Gasteiger partial charge in [-0.25, -0.2) is 13.4 Å². The number of hydrogen-bond donors (Lipinski definition) is 2. The maximum Gasteiger partial charge on any atom is 0.263 e. The van der Waals surface area contributed by atoms with Gasteiger partial charge in [0.15, 0.2) is 0 Å². The molecule has 0 amide bonds. The first-order valence-electron chi connectivity index (χ1n) is 6.30. The van der Waals surface area contributed by atoms with Gasteiger partial charge < -0.3 is 5.32 Å². The van der Waals surface area contributed by atoms with E-state index in [1.165, 1.54) is 12.3 Å². The van der Waals surface area contributed by atoms with E-state index in [9.17, 15) is 8.42 Å². The van der Waals surface area contributed by atoms with Gasteiger partial charge >= 0.3 is 0 Å². The molecule has 20 heavy (non-hydrogen) atoms. The Hall–Kier alpha value is -2.08. The molecule has 0 fully saturated rings. The molecule has 6 heteroatoms. The van der Waals surface area contributed by atoms with E-state index >= 15 is 0 Å². The summed E-state index contributed by atoms with van der Waals surface area (Å²) in [4.78, 5) is 4.20. The van der Waals surface area contributed by atoms with Crippen LogP contribution in [0.15, 0.2) is 47.5 Å². The molecule has 0 saturated heterocycles. The van der Waals surface area contributed by atoms with Crippen molar-refractivity contribution in [3.8, 4) is 0 Å². The molecular weight excluding hydrogens is 274 g/mol. The first-order chi connectivity index (χ1) is 9.51. The van der Waals surface area contributed by atoms with Crippen molar-refractivity contribution in [1.82, 2.24) is 4.98 Å². The van der Waals surface area contributed by atoms with E-state index in [-0.39, 0.29) is 4.90 Å². The molecule has 0 aliphatic heterocycles. The molecule has 0 spiro atoms. The Labute approximate surface area is 119 Å². The summed E-state index contributed by atoms with van der Waals surface area (Å²) in [7, 11) is -3.60. The minimum Gasteiger partial charge on any atom is -0.370 e. The number of rotatable bonds is 5. The first-order valence-corrected chi connectivity index (χ1v) is 7.79. The molecule has 0 aliphatic rings. The Balaban J connectivity index is 2.19. The van der Waals surface area contributed by atoms with Crippen molar-refractivity contribution in [2.45, 2.75) is 18.7 Å². The summed E-state index contributed by atoms with van der Waals surface area (Å²) < 4.78 is 26.9. The maximum absolute atomic E-state index is 12.2. The first kappa shape index (κ1) is 14.3. The average molecular weight is 291 g/mol. The third-order valence-corrected chi connectivity index (χ3v) is 4.07. The number of nitrogens with zero attached hydrogens (tertiary/aromatic N) is 1. The lowest BCUT2D eigenvalue weighted by molar-refractivity contribution is 0.601. The molecular formula is C14H17N3O2S. The number of hydrogen-bond acceptors (Lipinski definition) is 4. The second-order valence-corrected chi connectivity index (χ2v) is 6.06. The molecule has 0 aliphatic carbocycles. The summed E-state index contributed by atoms with van der Waals surface area (Å²) in [6, 6.07) is 10.3. The molecule has 0 unspecified atom stereocenters. The van der Waals surface area contributed by atoms with Crippen molar-refractivity contribution in [1.29, 1.82) is 0 Å². The van der Waals surface area contributed by atoms with Crippen LogP contribution in [0.25, 0.3) is 0 Å². The lowest BCUT2D eigenvalue weighted by Gasteiger charge is -2.09. The summed E-state index contributed by atoms with van der Waals surface area (Å²) in [5, 5.41) is 3.02. The summed E-state index contributed by atoms with van der Waals surface area (Å²) in [5.41, 5.74) is 1.61. The zero-order valence-electron chi connectivity index (χ0n) is 11.4. The molecule has 2 rings (SSSR count). The number of aryl methyl sites for hydroxylation is 1. The van der Waals surface area contributed by atoms with E-state index < -0.39 is 10.0 Å². The van der Waals surface area contributed by atoms with Gasteiger partial charge in [0.2, 0.25) is 0 Å². The maximum atomic E-state index is 12.2. The van der Waals surface area contributed by atoms with Gasteiger partial charge in [0.1, 0.15) is 10.7 Å². The summed E-state index contributed by atoms with van der Waals surface area (Å²) in [6.07, 6.45) is 1.34. The predicted octanol–water partition coefficient (Wildman–Crippen LogP) is 2.62. The lowest BCUT2D eigenvalue weighted by atomic mass is 10.2. The molecule has 106 valence electrons. The molecule has 1 heterocycles. The van der Waals surface area contributed by atoms with Crippen molar-refractivity contribution in [2.75, 3.05) is 16.6 Å². The van der Waals surface area contributed by atoms with Gasteiger partial charge in [-0.3, -0.25) is 4.72 Å². The summed E-state index contributed by atoms with van der Waals surface area (Å²) >= 11 is 0. The Kier molecular flexibility index (Phi) is 4.24. The van der Waals surface area contributed by atoms with Crippen LogP contribution in [0.2, 0.25) is 0 Å². The highest BCUT2D eigenvalue weighted by molar-refractivity contribution is 7.92. The average Bonchev–Trinajstić information content (AvgIpc) is 2.42. The Bertz CT molecular complexity index is 665. The van der Waals surface area contributed by atoms with Crippen LogP contribution in [0.5, 0.6) is 0 Å². The van der Waals surface area contributed by atoms with Crippen molar-refractivity contribution in [2.24, 2.45) is 0 Å². The number of aromatic nitrogens is 1. The number of anilines is 2. The number of sulfonamides is 1. The molecule has 5 nitrogen and oxygen atoms in total. The minimum atomic E-state index is -3.60. The van der Waals surface area contributed by atoms with Crippen LogP contribution in [0.1, 0.15) is 12.5 Å². The van der Waals surface area contributed by atoms with Crippen LogP contribution in [-0.4, -0.2) is 19.9 Å². The molecule has 1 aromatic carbocycles. The standard InChI is InChI=1S/C14H17N3O2S/c1-3-15-14-9-8-13(10-16-14)20(18,19)17-12-6-4-11(2)5-7-12/h4-10,17H,3H2,1-2H3,(H,15,16). The van der Waals surface area contributed by atoms with Crippen LogP contribution < -0.4 is 10.0 Å². The Morgan fingerprint density at radius 1 is 1.10 bits per heavy atom. The van der Waals surface area contributed by atoms with Crippen LogP contribution in [0, 0.1) is 6.92 Å². The van der Waals surface area contributed by atoms with Gasteiger partial charge in [0.25, 0.3) is 10.0 Å². The molecule has 1 aromatic heterocycles. The van der Waals surface area contributed by atoms with E-state index in [1.54, 1.807) is 18.2 Å². The van der Waals surface area contributed by atoms with Gasteiger partial charge in [0, 0.05) is 18.4 Å². The monoisotopic (exact) mass is 291 g/mol. The summed E-state index contributed by atoms with van der Waals surface area (Å²) in [6.45, 7) is 4.63. The SMILES string of the molecule is CCNc1ccc(S(=O)(=O)Nc2ccc(C)cc2)cn1. The molecule has 2 N–H and O–H groups in total. The fourth-order valence-corrected chi connectivity index (χ4v) is 2.66. The highest BCUT2D eigenvalue weighted by atomic mass is 32.2. The highest BCUT2D eigenvalue weighted by Gasteiger charge is 2.14. The molecule has 0 saturated carbocycles. The zero-order chi connectivity index (χ0) is 14.6. The highest BCUT2D eigenvalue weighted by Crippen LogP contribution is 2.16. The topological polar surface area (TPSA) is 71.1 Å². The van der Waals surface area contributed by atoms with E-state index in [1.807, 2.05) is 26.0 Å². The predicted molar refractivity (Wildman–Crippen MR) is 80.4 cm³/mol. The number of pyridine rings is 1. The summed E-state index contributed by atoms with van der Waals surface area (Å²) in [5.74, 6) is 0.654. The second-order valence-electron chi connectivity index (χ2n) is 4.38. The van der Waals surface area contributed by atoms with E-state index in [2.05, 4.69) is 15.0 Å². The van der Waals surface area contributed by atoms with E-state index in [0.717, 1.165) is 12.1 Å². The van der Waals surface area contributed by atoms with Crippen molar-refractivity contribution < 1.29 is 8.42 Å². The second kappa shape index (κ2) is 5.92. The molecule has 0 bridgehead atoms. The molecule has 0 radical (unpaired) electrons. The Morgan fingerprint density at radius 2 is 1.80 bits per heavy atom. The third-order valence-electron chi connectivity index (χ3n) is 2.71. The van der Waals surface area contributed by atoms with E-state index in [4.69, 9.17) is 0 Å². The quantitative estimate of drug-likeness (QED) is 0.888. The van der Waals surface area contributed by atoms with Crippen LogP contribution in [0.3, 0.4) is 0 Å². The van der Waals surface area contributed by atoms with Crippen molar-refractivity contribution in [3.63, 3.8) is 0 Å². The molecule has 2 aromatic rings. The fraction of sp³-hybridized carbons (Fsp3) is 0.214. The minimum absolute atomic E-state index is 0.139. The normalized spacial score (nSPS) is 11.1. The van der Waals surface area contributed by atoms with Crippen LogP contribution >= 0.6 is 0 Å². The van der Waals surface area contributed by atoms with Gasteiger partial charge in [0.05, 0.1) is 0 Å². The van der Waals surface area contributed by atoms with Crippen molar-refractivity contribution >= 4 is 21.5 Å². The third kappa shape index (κ3) is 3.48. The van der Waals surface area contributed by atoms with Gasteiger partial charge in [-0.1, -0.05) is 17.7 Å². The Morgan fingerprint density at radius 3 is 2.35 bits per heavy atom.